The van der Waals surface area contributed by atoms with Gasteiger partial charge in [-0.15, -0.1) is 5.10 Å². The number of hydrogen-bond acceptors (Lipinski definition) is 5. The van der Waals surface area contributed by atoms with Crippen LogP contribution in [-0.2, 0) is 11.2 Å². The predicted octanol–water partition coefficient (Wildman–Crippen LogP) is 1.69. The number of H-pyrrole nitrogens is 1. The van der Waals surface area contributed by atoms with Crippen LogP contribution in [0.25, 0.3) is 0 Å². The molecule has 2 aromatic rings. The first kappa shape index (κ1) is 11.7. The predicted molar refractivity (Wildman–Crippen MR) is 68.8 cm³/mol. The molecule has 1 aromatic heterocycles. The molecule has 1 aromatic carbocycles. The lowest BCUT2D eigenvalue weighted by atomic mass is 10.1. The van der Waals surface area contributed by atoms with Crippen LogP contribution in [-0.4, -0.2) is 27.8 Å². The third-order valence-corrected chi connectivity index (χ3v) is 3.06. The number of rotatable bonds is 3. The lowest BCUT2D eigenvalue weighted by Crippen LogP contribution is -2.09. The summed E-state index contributed by atoms with van der Waals surface area (Å²) in [5.41, 5.74) is 2.34. The lowest BCUT2D eigenvalue weighted by molar-refractivity contribution is 0.0512. The molecule has 0 fully saturated rings. The number of aromatic amines is 1. The number of nitrogens with one attached hydrogen (secondary N) is 2. The Morgan fingerprint density at radius 1 is 1.47 bits per heavy atom. The average molecular weight is 258 g/mol. The summed E-state index contributed by atoms with van der Waals surface area (Å²) in [6, 6.07) is 8.11. The van der Waals surface area contributed by atoms with E-state index < -0.39 is 5.97 Å². The monoisotopic (exact) mass is 258 g/mol. The zero-order valence-corrected chi connectivity index (χ0v) is 10.5. The standard InChI is InChI=1S/C13H14N4O2/c1-2-19-13(18)12-15-11(16-17-12)10-7-8-5-3-4-6-9(8)14-10/h3-6,10,14H,2,7H2,1H3,(H,15,16,17)/t10-/m0/s1. The van der Waals surface area contributed by atoms with E-state index in [1.54, 1.807) is 6.92 Å². The molecule has 0 unspecified atom stereocenters. The molecule has 0 saturated carbocycles. The number of esters is 1. The number of aromatic nitrogens is 3. The number of hydrogen-bond donors (Lipinski definition) is 2. The zero-order chi connectivity index (χ0) is 13.2. The van der Waals surface area contributed by atoms with Gasteiger partial charge in [-0.1, -0.05) is 18.2 Å². The second-order valence-electron chi connectivity index (χ2n) is 4.32. The number of fused-ring (bicyclic) bond motifs is 1. The van der Waals surface area contributed by atoms with Crippen molar-refractivity contribution in [3.05, 3.63) is 41.5 Å². The van der Waals surface area contributed by atoms with Gasteiger partial charge < -0.3 is 10.1 Å². The van der Waals surface area contributed by atoms with Crippen LogP contribution >= 0.6 is 0 Å². The van der Waals surface area contributed by atoms with Crippen LogP contribution in [0.2, 0.25) is 0 Å². The quantitative estimate of drug-likeness (QED) is 0.819. The Morgan fingerprint density at radius 3 is 3.11 bits per heavy atom. The molecule has 0 bridgehead atoms. The van der Waals surface area contributed by atoms with E-state index in [9.17, 15) is 4.79 Å². The summed E-state index contributed by atoms with van der Waals surface area (Å²) >= 11 is 0. The van der Waals surface area contributed by atoms with E-state index in [0.717, 1.165) is 12.1 Å². The van der Waals surface area contributed by atoms with Crippen molar-refractivity contribution in [2.75, 3.05) is 11.9 Å². The largest absolute Gasteiger partial charge is 0.460 e. The van der Waals surface area contributed by atoms with Gasteiger partial charge in [0, 0.05) is 12.1 Å². The highest BCUT2D eigenvalue weighted by molar-refractivity contribution is 5.85. The van der Waals surface area contributed by atoms with Gasteiger partial charge in [-0.25, -0.2) is 9.78 Å². The van der Waals surface area contributed by atoms with Gasteiger partial charge in [0.25, 0.3) is 5.82 Å². The number of nitrogens with zero attached hydrogens (tertiary/aromatic N) is 2. The van der Waals surface area contributed by atoms with Gasteiger partial charge in [0.05, 0.1) is 12.6 Å². The van der Waals surface area contributed by atoms with Crippen LogP contribution in [0.5, 0.6) is 0 Å². The molecule has 98 valence electrons. The van der Waals surface area contributed by atoms with Gasteiger partial charge in [-0.05, 0) is 18.6 Å². The van der Waals surface area contributed by atoms with Crippen molar-refractivity contribution in [1.29, 1.82) is 0 Å². The fraction of sp³-hybridized carbons (Fsp3) is 0.308. The molecule has 19 heavy (non-hydrogen) atoms. The fourth-order valence-electron chi connectivity index (χ4n) is 2.18. The lowest BCUT2D eigenvalue weighted by Gasteiger charge is -2.06. The van der Waals surface area contributed by atoms with E-state index in [4.69, 9.17) is 4.74 Å². The summed E-state index contributed by atoms with van der Waals surface area (Å²) in [6.07, 6.45) is 0.827. The molecule has 0 radical (unpaired) electrons. The maximum Gasteiger partial charge on any atom is 0.378 e. The highest BCUT2D eigenvalue weighted by Crippen LogP contribution is 2.32. The smallest absolute Gasteiger partial charge is 0.378 e. The average Bonchev–Trinajstić information content (AvgIpc) is 3.05. The minimum atomic E-state index is -0.500. The molecule has 6 heteroatoms. The van der Waals surface area contributed by atoms with Crippen LogP contribution in [0, 0.1) is 0 Å². The van der Waals surface area contributed by atoms with E-state index >= 15 is 0 Å². The number of ether oxygens (including phenoxy) is 1. The van der Waals surface area contributed by atoms with Crippen molar-refractivity contribution in [2.45, 2.75) is 19.4 Å². The second kappa shape index (κ2) is 4.72. The van der Waals surface area contributed by atoms with Gasteiger partial charge in [0.2, 0.25) is 0 Å². The van der Waals surface area contributed by atoms with Gasteiger partial charge in [0.1, 0.15) is 5.82 Å². The summed E-state index contributed by atoms with van der Waals surface area (Å²) in [7, 11) is 0. The summed E-state index contributed by atoms with van der Waals surface area (Å²) in [5.74, 6) is 0.231. The number of anilines is 1. The van der Waals surface area contributed by atoms with Crippen molar-refractivity contribution in [3.8, 4) is 0 Å². The Labute approximate surface area is 110 Å². The van der Waals surface area contributed by atoms with E-state index in [-0.39, 0.29) is 11.9 Å². The minimum Gasteiger partial charge on any atom is -0.460 e. The first-order chi connectivity index (χ1) is 9.28. The molecule has 1 atom stereocenters. The van der Waals surface area contributed by atoms with E-state index in [1.165, 1.54) is 5.56 Å². The van der Waals surface area contributed by atoms with Crippen LogP contribution in [0.15, 0.2) is 24.3 Å². The Bertz CT molecular complexity index is 583. The van der Waals surface area contributed by atoms with E-state index in [2.05, 4.69) is 26.6 Å². The van der Waals surface area contributed by atoms with Gasteiger partial charge in [-0.2, -0.15) is 0 Å². The van der Waals surface area contributed by atoms with E-state index in [0.29, 0.717) is 12.4 Å². The third-order valence-electron chi connectivity index (χ3n) is 3.06. The van der Waals surface area contributed by atoms with Crippen LogP contribution < -0.4 is 5.32 Å². The Kier molecular flexibility index (Phi) is 2.91. The Balaban J connectivity index is 1.77. The summed E-state index contributed by atoms with van der Waals surface area (Å²) < 4.78 is 4.86. The molecule has 0 amide bonds. The van der Waals surface area contributed by atoms with Gasteiger partial charge in [-0.3, -0.25) is 5.10 Å². The van der Waals surface area contributed by atoms with Gasteiger partial charge in [0.15, 0.2) is 0 Å². The molecule has 2 heterocycles. The molecule has 1 aliphatic rings. The van der Waals surface area contributed by atoms with E-state index in [1.807, 2.05) is 18.2 Å². The van der Waals surface area contributed by atoms with Crippen molar-refractivity contribution >= 4 is 11.7 Å². The maximum absolute atomic E-state index is 11.5. The summed E-state index contributed by atoms with van der Waals surface area (Å²) in [6.45, 7) is 2.07. The first-order valence-electron chi connectivity index (χ1n) is 6.21. The first-order valence-corrected chi connectivity index (χ1v) is 6.21. The van der Waals surface area contributed by atoms with Crippen molar-refractivity contribution in [2.24, 2.45) is 0 Å². The van der Waals surface area contributed by atoms with Crippen LogP contribution in [0.3, 0.4) is 0 Å². The van der Waals surface area contributed by atoms with Crippen molar-refractivity contribution in [3.63, 3.8) is 0 Å². The van der Waals surface area contributed by atoms with Crippen LogP contribution in [0.1, 0.15) is 35.0 Å². The molecule has 6 nitrogen and oxygen atoms in total. The number of para-hydroxylation sites is 1. The Hall–Kier alpha value is -2.37. The topological polar surface area (TPSA) is 79.9 Å². The molecule has 0 saturated heterocycles. The number of carbonyl (C=O) groups is 1. The highest BCUT2D eigenvalue weighted by Gasteiger charge is 2.25. The van der Waals surface area contributed by atoms with Crippen molar-refractivity contribution in [1.82, 2.24) is 15.2 Å². The summed E-state index contributed by atoms with van der Waals surface area (Å²) in [5, 5.41) is 10.0. The van der Waals surface area contributed by atoms with Gasteiger partial charge >= 0.3 is 5.97 Å². The highest BCUT2D eigenvalue weighted by atomic mass is 16.5. The Morgan fingerprint density at radius 2 is 2.32 bits per heavy atom. The van der Waals surface area contributed by atoms with Crippen LogP contribution in [0.4, 0.5) is 5.69 Å². The normalized spacial score (nSPS) is 16.8. The number of benzene rings is 1. The SMILES string of the molecule is CCOC(=O)c1n[nH]c([C@@H]2Cc3ccccc3N2)n1. The molecule has 2 N–H and O–H groups in total. The molecule has 1 aliphatic heterocycles. The molecular formula is C13H14N4O2. The third kappa shape index (κ3) is 2.16. The molecule has 0 aliphatic carbocycles. The minimum absolute atomic E-state index is 0.0214. The zero-order valence-electron chi connectivity index (χ0n) is 10.5. The summed E-state index contributed by atoms with van der Waals surface area (Å²) in [4.78, 5) is 15.7. The maximum atomic E-state index is 11.5. The second-order valence-corrected chi connectivity index (χ2v) is 4.32. The molecular weight excluding hydrogens is 244 g/mol. The molecule has 3 rings (SSSR count). The number of carbonyl (C=O) groups excluding carboxylic acids is 1. The fourth-order valence-corrected chi connectivity index (χ4v) is 2.18. The molecule has 0 spiro atoms. The van der Waals surface area contributed by atoms with Crippen molar-refractivity contribution < 1.29 is 9.53 Å².